The summed E-state index contributed by atoms with van der Waals surface area (Å²) < 4.78 is 25.0. The van der Waals surface area contributed by atoms with E-state index in [4.69, 9.17) is 15.2 Å². The first-order chi connectivity index (χ1) is 9.08. The van der Waals surface area contributed by atoms with Crippen molar-refractivity contribution in [2.24, 2.45) is 5.73 Å². The molecule has 106 valence electrons. The molecule has 0 saturated carbocycles. The molecule has 1 aromatic rings. The fourth-order valence-corrected chi connectivity index (χ4v) is 2.27. The first-order valence-electron chi connectivity index (χ1n) is 6.88. The van der Waals surface area contributed by atoms with E-state index in [-0.39, 0.29) is 18.0 Å². The summed E-state index contributed by atoms with van der Waals surface area (Å²) >= 11 is 0. The lowest BCUT2D eigenvalue weighted by atomic mass is 10.0. The zero-order valence-electron chi connectivity index (χ0n) is 11.6. The van der Waals surface area contributed by atoms with Crippen LogP contribution in [0, 0.1) is 12.7 Å². The van der Waals surface area contributed by atoms with E-state index in [1.165, 1.54) is 12.5 Å². The van der Waals surface area contributed by atoms with Crippen LogP contribution in [0.15, 0.2) is 12.1 Å². The second kappa shape index (κ2) is 6.35. The van der Waals surface area contributed by atoms with Gasteiger partial charge in [-0.1, -0.05) is 0 Å². The minimum absolute atomic E-state index is 0.139. The van der Waals surface area contributed by atoms with Crippen LogP contribution in [0.3, 0.4) is 0 Å². The van der Waals surface area contributed by atoms with Gasteiger partial charge in [-0.15, -0.1) is 0 Å². The summed E-state index contributed by atoms with van der Waals surface area (Å²) in [6, 6.07) is 2.94. The van der Waals surface area contributed by atoms with Gasteiger partial charge in [0.1, 0.15) is 18.2 Å². The Balaban J connectivity index is 2.07. The molecule has 1 heterocycles. The Labute approximate surface area is 113 Å². The van der Waals surface area contributed by atoms with Gasteiger partial charge >= 0.3 is 0 Å². The van der Waals surface area contributed by atoms with Crippen molar-refractivity contribution < 1.29 is 13.9 Å². The van der Waals surface area contributed by atoms with E-state index in [0.29, 0.717) is 23.5 Å². The number of benzene rings is 1. The largest absolute Gasteiger partial charge is 0.491 e. The summed E-state index contributed by atoms with van der Waals surface area (Å²) in [5.74, 6) is 0.427. The average molecular weight is 267 g/mol. The van der Waals surface area contributed by atoms with Gasteiger partial charge in [-0.25, -0.2) is 4.39 Å². The molecule has 2 atom stereocenters. The molecule has 19 heavy (non-hydrogen) atoms. The third-order valence-electron chi connectivity index (χ3n) is 3.48. The molecule has 1 unspecified atom stereocenters. The standard InChI is InChI=1S/C15H22FNO2/c1-10-7-15(13(11(2)17)8-14(10)16)19-9-12-5-3-4-6-18-12/h7-8,11-12H,3-6,9,17H2,1-2H3/t11-,12?/m1/s1. The molecule has 1 aliphatic heterocycles. The summed E-state index contributed by atoms with van der Waals surface area (Å²) in [6.07, 6.45) is 3.46. The van der Waals surface area contributed by atoms with Crippen LogP contribution in [0.4, 0.5) is 4.39 Å². The Morgan fingerprint density at radius 2 is 2.26 bits per heavy atom. The molecule has 0 amide bonds. The number of halogens is 1. The van der Waals surface area contributed by atoms with Crippen molar-refractivity contribution in [2.45, 2.75) is 45.3 Å². The van der Waals surface area contributed by atoms with Crippen molar-refractivity contribution in [3.63, 3.8) is 0 Å². The van der Waals surface area contributed by atoms with E-state index in [1.54, 1.807) is 13.0 Å². The molecular formula is C15H22FNO2. The molecule has 1 fully saturated rings. The van der Waals surface area contributed by atoms with Crippen LogP contribution in [-0.2, 0) is 4.74 Å². The molecule has 0 spiro atoms. The van der Waals surface area contributed by atoms with Crippen LogP contribution in [-0.4, -0.2) is 19.3 Å². The first-order valence-corrected chi connectivity index (χ1v) is 6.88. The van der Waals surface area contributed by atoms with Crippen molar-refractivity contribution in [2.75, 3.05) is 13.2 Å². The van der Waals surface area contributed by atoms with E-state index < -0.39 is 0 Å². The van der Waals surface area contributed by atoms with Gasteiger partial charge in [0.2, 0.25) is 0 Å². The Morgan fingerprint density at radius 1 is 1.47 bits per heavy atom. The van der Waals surface area contributed by atoms with Gasteiger partial charge in [0, 0.05) is 18.2 Å². The molecule has 0 bridgehead atoms. The fourth-order valence-electron chi connectivity index (χ4n) is 2.27. The number of nitrogens with two attached hydrogens (primary N) is 1. The predicted octanol–water partition coefficient (Wildman–Crippen LogP) is 3.10. The van der Waals surface area contributed by atoms with Crippen molar-refractivity contribution >= 4 is 0 Å². The second-order valence-electron chi connectivity index (χ2n) is 5.23. The van der Waals surface area contributed by atoms with E-state index in [9.17, 15) is 4.39 Å². The minimum atomic E-state index is -0.252. The second-order valence-corrected chi connectivity index (χ2v) is 5.23. The SMILES string of the molecule is Cc1cc(OCC2CCCCO2)c([C@@H](C)N)cc1F. The van der Waals surface area contributed by atoms with Crippen LogP contribution in [0.1, 0.15) is 43.4 Å². The number of rotatable bonds is 4. The predicted molar refractivity (Wildman–Crippen MR) is 72.8 cm³/mol. The van der Waals surface area contributed by atoms with Crippen molar-refractivity contribution in [3.8, 4) is 5.75 Å². The summed E-state index contributed by atoms with van der Waals surface area (Å²) in [6.45, 7) is 4.86. The topological polar surface area (TPSA) is 44.5 Å². The lowest BCUT2D eigenvalue weighted by molar-refractivity contribution is -0.0113. The maximum atomic E-state index is 13.6. The third-order valence-corrected chi connectivity index (χ3v) is 3.48. The van der Waals surface area contributed by atoms with Gasteiger partial charge in [-0.05, 0) is 50.8 Å². The average Bonchev–Trinajstić information content (AvgIpc) is 2.40. The highest BCUT2D eigenvalue weighted by Gasteiger charge is 2.17. The fraction of sp³-hybridized carbons (Fsp3) is 0.600. The van der Waals surface area contributed by atoms with Crippen LogP contribution in [0.2, 0.25) is 0 Å². The summed E-state index contributed by atoms with van der Waals surface area (Å²) in [7, 11) is 0. The molecule has 2 N–H and O–H groups in total. The van der Waals surface area contributed by atoms with E-state index >= 15 is 0 Å². The molecule has 0 aromatic heterocycles. The molecule has 0 radical (unpaired) electrons. The summed E-state index contributed by atoms with van der Waals surface area (Å²) in [5, 5.41) is 0. The Kier molecular flexibility index (Phi) is 4.77. The number of ether oxygens (including phenoxy) is 2. The van der Waals surface area contributed by atoms with Gasteiger partial charge in [-0.3, -0.25) is 0 Å². The summed E-state index contributed by atoms with van der Waals surface area (Å²) in [4.78, 5) is 0. The molecule has 0 aliphatic carbocycles. The van der Waals surface area contributed by atoms with Crippen LogP contribution in [0.25, 0.3) is 0 Å². The zero-order chi connectivity index (χ0) is 13.8. The van der Waals surface area contributed by atoms with Crippen LogP contribution < -0.4 is 10.5 Å². The minimum Gasteiger partial charge on any atom is -0.491 e. The van der Waals surface area contributed by atoms with Gasteiger partial charge in [0.25, 0.3) is 0 Å². The highest BCUT2D eigenvalue weighted by Crippen LogP contribution is 2.28. The molecular weight excluding hydrogens is 245 g/mol. The normalized spacial score (nSPS) is 21.2. The Morgan fingerprint density at radius 3 is 2.89 bits per heavy atom. The molecule has 1 saturated heterocycles. The highest BCUT2D eigenvalue weighted by molar-refractivity contribution is 5.39. The molecule has 2 rings (SSSR count). The molecule has 3 nitrogen and oxygen atoms in total. The Hall–Kier alpha value is -1.13. The Bertz CT molecular complexity index is 428. The van der Waals surface area contributed by atoms with Gasteiger partial charge in [-0.2, -0.15) is 0 Å². The van der Waals surface area contributed by atoms with Gasteiger partial charge in [0.05, 0.1) is 6.10 Å². The molecule has 1 aliphatic rings. The molecule has 1 aromatic carbocycles. The smallest absolute Gasteiger partial charge is 0.126 e. The van der Waals surface area contributed by atoms with E-state index in [1.807, 2.05) is 6.92 Å². The first kappa shape index (κ1) is 14.3. The van der Waals surface area contributed by atoms with Crippen LogP contribution in [0.5, 0.6) is 5.75 Å². The van der Waals surface area contributed by atoms with E-state index in [0.717, 1.165) is 19.4 Å². The van der Waals surface area contributed by atoms with Crippen molar-refractivity contribution in [1.29, 1.82) is 0 Å². The monoisotopic (exact) mass is 267 g/mol. The lowest BCUT2D eigenvalue weighted by Crippen LogP contribution is -2.26. The van der Waals surface area contributed by atoms with Gasteiger partial charge in [0.15, 0.2) is 0 Å². The van der Waals surface area contributed by atoms with E-state index in [2.05, 4.69) is 0 Å². The van der Waals surface area contributed by atoms with Crippen molar-refractivity contribution in [1.82, 2.24) is 0 Å². The molecule has 4 heteroatoms. The summed E-state index contributed by atoms with van der Waals surface area (Å²) in [5.41, 5.74) is 7.14. The van der Waals surface area contributed by atoms with Gasteiger partial charge < -0.3 is 15.2 Å². The quantitative estimate of drug-likeness (QED) is 0.911. The number of aryl methyl sites for hydroxylation is 1. The maximum absolute atomic E-state index is 13.6. The maximum Gasteiger partial charge on any atom is 0.126 e. The lowest BCUT2D eigenvalue weighted by Gasteiger charge is -2.24. The number of hydrogen-bond donors (Lipinski definition) is 1. The highest BCUT2D eigenvalue weighted by atomic mass is 19.1. The zero-order valence-corrected chi connectivity index (χ0v) is 11.6. The number of hydrogen-bond acceptors (Lipinski definition) is 3. The third kappa shape index (κ3) is 3.67. The van der Waals surface area contributed by atoms with Crippen LogP contribution >= 0.6 is 0 Å². The van der Waals surface area contributed by atoms with Crippen molar-refractivity contribution in [3.05, 3.63) is 29.1 Å².